The molecule has 0 atom stereocenters. The van der Waals surface area contributed by atoms with Gasteiger partial charge in [0.15, 0.2) is 0 Å². The van der Waals surface area contributed by atoms with E-state index in [4.69, 9.17) is 14.6 Å². The van der Waals surface area contributed by atoms with Crippen LogP contribution in [0.3, 0.4) is 0 Å². The van der Waals surface area contributed by atoms with Gasteiger partial charge < -0.3 is 19.5 Å². The zero-order chi connectivity index (χ0) is 21.2. The molecule has 7 heteroatoms. The largest absolute Gasteiger partial charge is 0.491 e. The molecule has 3 aromatic rings. The Labute approximate surface area is 171 Å². The number of carbonyl (C=O) groups is 1. The quantitative estimate of drug-likeness (QED) is 0.566. The minimum atomic E-state index is -0.250. The Morgan fingerprint density at radius 3 is 2.55 bits per heavy atom. The first-order chi connectivity index (χ1) is 14.0. The summed E-state index contributed by atoms with van der Waals surface area (Å²) in [5, 5.41) is 18.8. The number of nitrogens with zero attached hydrogens (tertiary/aromatic N) is 3. The summed E-state index contributed by atoms with van der Waals surface area (Å²) in [7, 11) is 1.99. The van der Waals surface area contributed by atoms with E-state index in [2.05, 4.69) is 46.3 Å². The fraction of sp³-hybridized carbons (Fsp3) is 0.364. The van der Waals surface area contributed by atoms with Gasteiger partial charge in [-0.05, 0) is 30.7 Å². The highest BCUT2D eigenvalue weighted by Gasteiger charge is 2.15. The van der Waals surface area contributed by atoms with Crippen LogP contribution < -0.4 is 4.74 Å². The van der Waals surface area contributed by atoms with Crippen molar-refractivity contribution in [1.82, 2.24) is 14.5 Å². The van der Waals surface area contributed by atoms with Crippen LogP contribution in [0.5, 0.6) is 5.75 Å². The SMILES string of the molecule is CC(C)Oc1ccc2ccccc2c1CN(CCO)Cc1cncn1C.O=CO. The number of rotatable bonds is 8. The first kappa shape index (κ1) is 22.4. The summed E-state index contributed by atoms with van der Waals surface area (Å²) in [6.07, 6.45) is 3.79. The van der Waals surface area contributed by atoms with Crippen LogP contribution in [0.25, 0.3) is 10.8 Å². The van der Waals surface area contributed by atoms with Crippen molar-refractivity contribution in [2.75, 3.05) is 13.2 Å². The fourth-order valence-corrected chi connectivity index (χ4v) is 3.19. The molecule has 0 fully saturated rings. The van der Waals surface area contributed by atoms with E-state index in [-0.39, 0.29) is 19.2 Å². The molecule has 1 heterocycles. The Kier molecular flexibility index (Phi) is 8.64. The van der Waals surface area contributed by atoms with Crippen LogP contribution in [0.15, 0.2) is 48.9 Å². The number of aliphatic hydroxyl groups is 1. The number of fused-ring (bicyclic) bond motifs is 1. The fourth-order valence-electron chi connectivity index (χ4n) is 3.19. The van der Waals surface area contributed by atoms with Crippen LogP contribution in [0.1, 0.15) is 25.1 Å². The molecule has 3 rings (SSSR count). The lowest BCUT2D eigenvalue weighted by Gasteiger charge is -2.24. The summed E-state index contributed by atoms with van der Waals surface area (Å²) in [6, 6.07) is 12.5. The molecule has 0 radical (unpaired) electrons. The van der Waals surface area contributed by atoms with Gasteiger partial charge in [0.2, 0.25) is 0 Å². The number of aliphatic hydroxyl groups excluding tert-OH is 1. The van der Waals surface area contributed by atoms with Crippen molar-refractivity contribution >= 4 is 17.2 Å². The molecule has 2 aromatic carbocycles. The minimum Gasteiger partial charge on any atom is -0.491 e. The maximum atomic E-state index is 9.55. The van der Waals surface area contributed by atoms with Crippen LogP contribution in [-0.2, 0) is 24.9 Å². The van der Waals surface area contributed by atoms with Crippen molar-refractivity contribution in [1.29, 1.82) is 0 Å². The lowest BCUT2D eigenvalue weighted by Crippen LogP contribution is -2.27. The summed E-state index contributed by atoms with van der Waals surface area (Å²) in [5.41, 5.74) is 2.28. The van der Waals surface area contributed by atoms with E-state index in [1.54, 1.807) is 6.33 Å². The second kappa shape index (κ2) is 11.2. The molecule has 0 saturated carbocycles. The van der Waals surface area contributed by atoms with Crippen LogP contribution in [0.2, 0.25) is 0 Å². The predicted octanol–water partition coefficient (Wildman–Crippen LogP) is 3.06. The Morgan fingerprint density at radius 1 is 1.21 bits per heavy atom. The molecule has 0 amide bonds. The lowest BCUT2D eigenvalue weighted by atomic mass is 10.0. The molecule has 0 aliphatic carbocycles. The van der Waals surface area contributed by atoms with Crippen molar-refractivity contribution in [3.63, 3.8) is 0 Å². The smallest absolute Gasteiger partial charge is 0.290 e. The maximum Gasteiger partial charge on any atom is 0.290 e. The van der Waals surface area contributed by atoms with E-state index in [1.807, 2.05) is 31.7 Å². The van der Waals surface area contributed by atoms with Gasteiger partial charge in [0.05, 0.1) is 24.7 Å². The molecule has 0 aliphatic heterocycles. The summed E-state index contributed by atoms with van der Waals surface area (Å²) in [6.45, 7) is 5.97. The first-order valence-corrected chi connectivity index (χ1v) is 9.53. The molecular formula is C22H29N3O4. The van der Waals surface area contributed by atoms with Gasteiger partial charge in [-0.25, -0.2) is 4.98 Å². The molecule has 29 heavy (non-hydrogen) atoms. The third-order valence-electron chi connectivity index (χ3n) is 4.46. The summed E-state index contributed by atoms with van der Waals surface area (Å²) in [4.78, 5) is 14.8. The van der Waals surface area contributed by atoms with E-state index in [0.717, 1.165) is 23.6 Å². The van der Waals surface area contributed by atoms with E-state index in [0.29, 0.717) is 13.1 Å². The number of imidazole rings is 1. The Morgan fingerprint density at radius 2 is 1.93 bits per heavy atom. The van der Waals surface area contributed by atoms with Gasteiger partial charge in [-0.15, -0.1) is 0 Å². The number of benzene rings is 2. The maximum absolute atomic E-state index is 9.55. The zero-order valence-electron chi connectivity index (χ0n) is 17.2. The molecule has 0 saturated heterocycles. The molecule has 0 aliphatic rings. The van der Waals surface area contributed by atoms with Crippen molar-refractivity contribution in [3.8, 4) is 5.75 Å². The standard InChI is InChI=1S/C21H27N3O2.CH2O2/c1-16(2)26-21-9-8-17-6-4-5-7-19(17)20(21)14-24(10-11-25)13-18-12-22-15-23(18)3;2-1-3/h4-9,12,15-16,25H,10-11,13-14H2,1-3H3;1H,(H,2,3). The van der Waals surface area contributed by atoms with Crippen LogP contribution in [-0.4, -0.2) is 50.4 Å². The van der Waals surface area contributed by atoms with Crippen molar-refractivity contribution in [2.24, 2.45) is 7.05 Å². The summed E-state index contributed by atoms with van der Waals surface area (Å²) < 4.78 is 8.10. The van der Waals surface area contributed by atoms with Gasteiger partial charge in [-0.2, -0.15) is 0 Å². The topological polar surface area (TPSA) is 87.8 Å². The van der Waals surface area contributed by atoms with Crippen molar-refractivity contribution < 1.29 is 19.7 Å². The predicted molar refractivity (Wildman–Crippen MR) is 113 cm³/mol. The monoisotopic (exact) mass is 399 g/mol. The first-order valence-electron chi connectivity index (χ1n) is 9.53. The Hall–Kier alpha value is -2.90. The normalized spacial score (nSPS) is 10.8. The van der Waals surface area contributed by atoms with E-state index in [1.165, 1.54) is 10.8 Å². The molecule has 0 spiro atoms. The number of carboxylic acid groups (broad SMARTS) is 1. The van der Waals surface area contributed by atoms with Crippen LogP contribution >= 0.6 is 0 Å². The Balaban J connectivity index is 0.000000941. The second-order valence-corrected chi connectivity index (χ2v) is 6.97. The highest BCUT2D eigenvalue weighted by Crippen LogP contribution is 2.30. The van der Waals surface area contributed by atoms with E-state index < -0.39 is 0 Å². The van der Waals surface area contributed by atoms with Crippen LogP contribution in [0, 0.1) is 0 Å². The molecule has 156 valence electrons. The van der Waals surface area contributed by atoms with Gasteiger partial charge in [-0.3, -0.25) is 9.69 Å². The summed E-state index contributed by atoms with van der Waals surface area (Å²) in [5.74, 6) is 0.909. The number of aryl methyl sites for hydroxylation is 1. The molecular weight excluding hydrogens is 370 g/mol. The van der Waals surface area contributed by atoms with Gasteiger partial charge >= 0.3 is 0 Å². The average molecular weight is 399 g/mol. The van der Waals surface area contributed by atoms with Gasteiger partial charge in [0, 0.05) is 38.4 Å². The number of hydrogen-bond acceptors (Lipinski definition) is 5. The third kappa shape index (κ3) is 6.30. The van der Waals surface area contributed by atoms with Crippen molar-refractivity contribution in [2.45, 2.75) is 33.0 Å². The average Bonchev–Trinajstić information content (AvgIpc) is 3.08. The van der Waals surface area contributed by atoms with Crippen LogP contribution in [0.4, 0.5) is 0 Å². The molecule has 2 N–H and O–H groups in total. The van der Waals surface area contributed by atoms with Gasteiger partial charge in [0.1, 0.15) is 5.75 Å². The van der Waals surface area contributed by atoms with E-state index >= 15 is 0 Å². The van der Waals surface area contributed by atoms with Gasteiger partial charge in [0.25, 0.3) is 6.47 Å². The molecule has 1 aromatic heterocycles. The molecule has 0 bridgehead atoms. The zero-order valence-corrected chi connectivity index (χ0v) is 17.2. The summed E-state index contributed by atoms with van der Waals surface area (Å²) >= 11 is 0. The number of hydrogen-bond donors (Lipinski definition) is 2. The van der Waals surface area contributed by atoms with Gasteiger partial charge in [-0.1, -0.05) is 30.3 Å². The Bertz CT molecular complexity index is 908. The number of ether oxygens (including phenoxy) is 1. The number of aromatic nitrogens is 2. The molecule has 7 nitrogen and oxygen atoms in total. The highest BCUT2D eigenvalue weighted by molar-refractivity contribution is 5.87. The third-order valence-corrected chi connectivity index (χ3v) is 4.46. The van der Waals surface area contributed by atoms with Crippen molar-refractivity contribution in [3.05, 3.63) is 60.2 Å². The molecule has 0 unspecified atom stereocenters. The minimum absolute atomic E-state index is 0.110. The second-order valence-electron chi connectivity index (χ2n) is 6.97. The highest BCUT2D eigenvalue weighted by atomic mass is 16.5. The van der Waals surface area contributed by atoms with E-state index in [9.17, 15) is 5.11 Å². The lowest BCUT2D eigenvalue weighted by molar-refractivity contribution is -0.122.